The Morgan fingerprint density at radius 1 is 1.35 bits per heavy atom. The van der Waals surface area contributed by atoms with Crippen LogP contribution in [0.15, 0.2) is 30.6 Å². The van der Waals surface area contributed by atoms with Gasteiger partial charge in [0.25, 0.3) is 0 Å². The third-order valence-electron chi connectivity index (χ3n) is 3.44. The number of carbonyl (C=O) groups excluding carboxylic acids is 1. The van der Waals surface area contributed by atoms with Crippen molar-refractivity contribution < 1.29 is 9.53 Å². The summed E-state index contributed by atoms with van der Waals surface area (Å²) in [5.74, 6) is 0.355. The Morgan fingerprint density at radius 2 is 2.22 bits per heavy atom. The van der Waals surface area contributed by atoms with Gasteiger partial charge in [-0.1, -0.05) is 0 Å². The molecule has 0 saturated carbocycles. The molecule has 0 aromatic carbocycles. The van der Waals surface area contributed by atoms with Crippen LogP contribution in [-0.4, -0.2) is 43.5 Å². The second-order valence-corrected chi connectivity index (χ2v) is 5.16. The number of anilines is 1. The highest BCUT2D eigenvalue weighted by molar-refractivity contribution is 5.87. The number of nitrogens with zero attached hydrogens (tertiary/aromatic N) is 5. The molecule has 0 radical (unpaired) electrons. The quantitative estimate of drug-likeness (QED) is 0.547. The second-order valence-electron chi connectivity index (χ2n) is 5.16. The molecule has 8 nitrogen and oxygen atoms in total. The van der Waals surface area contributed by atoms with Crippen LogP contribution in [0.1, 0.15) is 22.6 Å². The predicted molar refractivity (Wildman–Crippen MR) is 84.3 cm³/mol. The molecule has 0 fully saturated rings. The van der Waals surface area contributed by atoms with Gasteiger partial charge in [-0.25, -0.2) is 14.3 Å². The zero-order valence-electron chi connectivity index (χ0n) is 13.1. The van der Waals surface area contributed by atoms with Crippen LogP contribution in [0.2, 0.25) is 0 Å². The van der Waals surface area contributed by atoms with E-state index in [1.807, 2.05) is 19.1 Å². The average Bonchev–Trinajstić information content (AvgIpc) is 3.13. The highest BCUT2D eigenvalue weighted by atomic mass is 16.5. The lowest BCUT2D eigenvalue weighted by molar-refractivity contribution is 0.0496. The number of nitrogens with one attached hydrogen (secondary N) is 1. The number of fused-ring (bicyclic) bond motifs is 1. The molecule has 0 aliphatic heterocycles. The first kappa shape index (κ1) is 15.0. The fraction of sp³-hybridized carbons (Fsp3) is 0.333. The largest absolute Gasteiger partial charge is 0.461 e. The zero-order chi connectivity index (χ0) is 16.2. The standard InChI is InChI=1S/C15H18N6O2/c1-11-10-12(18-20(11)2)15(22)23-9-3-6-16-13-4-5-14-17-7-8-21(14)19-13/h4-5,7-8,10H,3,6,9H2,1-2H3,(H,16,19). The molecule has 0 bridgehead atoms. The van der Waals surface area contributed by atoms with E-state index in [-0.39, 0.29) is 0 Å². The van der Waals surface area contributed by atoms with E-state index >= 15 is 0 Å². The molecule has 0 spiro atoms. The van der Waals surface area contributed by atoms with Crippen molar-refractivity contribution in [3.8, 4) is 0 Å². The molecule has 120 valence electrons. The molecule has 8 heteroatoms. The van der Waals surface area contributed by atoms with E-state index in [1.54, 1.807) is 34.7 Å². The Balaban J connectivity index is 1.42. The van der Waals surface area contributed by atoms with Crippen molar-refractivity contribution in [3.63, 3.8) is 0 Å². The summed E-state index contributed by atoms with van der Waals surface area (Å²) in [6, 6.07) is 5.47. The maximum absolute atomic E-state index is 11.8. The first-order valence-corrected chi connectivity index (χ1v) is 7.35. The SMILES string of the molecule is Cc1cc(C(=O)OCCCNc2ccc3nccn3n2)nn1C. The van der Waals surface area contributed by atoms with E-state index in [0.29, 0.717) is 25.3 Å². The molecule has 1 N–H and O–H groups in total. The van der Waals surface area contributed by atoms with Crippen molar-refractivity contribution in [1.82, 2.24) is 24.4 Å². The lowest BCUT2D eigenvalue weighted by atomic mass is 10.4. The minimum atomic E-state index is -0.397. The van der Waals surface area contributed by atoms with Gasteiger partial charge in [-0.05, 0) is 31.5 Å². The Morgan fingerprint density at radius 3 is 3.00 bits per heavy atom. The Kier molecular flexibility index (Phi) is 4.22. The molecule has 23 heavy (non-hydrogen) atoms. The smallest absolute Gasteiger partial charge is 0.358 e. The Hall–Kier alpha value is -2.90. The molecule has 0 amide bonds. The minimum Gasteiger partial charge on any atom is -0.461 e. The zero-order valence-corrected chi connectivity index (χ0v) is 13.1. The van der Waals surface area contributed by atoms with Gasteiger partial charge >= 0.3 is 5.97 Å². The van der Waals surface area contributed by atoms with Crippen molar-refractivity contribution in [3.05, 3.63) is 42.0 Å². The number of imidazole rings is 1. The van der Waals surface area contributed by atoms with Gasteiger partial charge in [0.2, 0.25) is 0 Å². The van der Waals surface area contributed by atoms with Crippen molar-refractivity contribution >= 4 is 17.4 Å². The Labute approximate surface area is 133 Å². The van der Waals surface area contributed by atoms with Gasteiger partial charge < -0.3 is 10.1 Å². The molecule has 0 aliphatic carbocycles. The van der Waals surface area contributed by atoms with Crippen molar-refractivity contribution in [2.45, 2.75) is 13.3 Å². The first-order valence-electron chi connectivity index (χ1n) is 7.35. The number of hydrogen-bond donors (Lipinski definition) is 1. The summed E-state index contributed by atoms with van der Waals surface area (Å²) in [6.07, 6.45) is 4.17. The first-order chi connectivity index (χ1) is 11.1. The van der Waals surface area contributed by atoms with Crippen LogP contribution in [-0.2, 0) is 11.8 Å². The second kappa shape index (κ2) is 6.47. The third-order valence-corrected chi connectivity index (χ3v) is 3.44. The number of rotatable bonds is 6. The summed E-state index contributed by atoms with van der Waals surface area (Å²) in [6.45, 7) is 2.87. The third kappa shape index (κ3) is 3.47. The number of aryl methyl sites for hydroxylation is 2. The van der Waals surface area contributed by atoms with Crippen LogP contribution in [0.25, 0.3) is 5.65 Å². The molecule has 3 rings (SSSR count). The highest BCUT2D eigenvalue weighted by Gasteiger charge is 2.11. The molecule has 0 unspecified atom stereocenters. The van der Waals surface area contributed by atoms with Crippen molar-refractivity contribution in [2.75, 3.05) is 18.5 Å². The molecular formula is C15H18N6O2. The van der Waals surface area contributed by atoms with E-state index in [9.17, 15) is 4.79 Å². The molecule has 3 aromatic rings. The number of hydrogen-bond acceptors (Lipinski definition) is 6. The summed E-state index contributed by atoms with van der Waals surface area (Å²) in [5, 5.41) is 11.6. The van der Waals surface area contributed by atoms with Crippen LogP contribution in [0, 0.1) is 6.92 Å². The molecule has 3 aromatic heterocycles. The topological polar surface area (TPSA) is 86.3 Å². The van der Waals surface area contributed by atoms with Crippen LogP contribution >= 0.6 is 0 Å². The number of esters is 1. The monoisotopic (exact) mass is 314 g/mol. The molecule has 3 heterocycles. The summed E-state index contributed by atoms with van der Waals surface area (Å²) >= 11 is 0. The molecule has 0 aliphatic rings. The van der Waals surface area contributed by atoms with Crippen molar-refractivity contribution in [2.24, 2.45) is 7.05 Å². The number of aromatic nitrogens is 5. The molecular weight excluding hydrogens is 296 g/mol. The van der Waals surface area contributed by atoms with Crippen LogP contribution < -0.4 is 5.32 Å². The van der Waals surface area contributed by atoms with Gasteiger partial charge in [0.15, 0.2) is 11.3 Å². The fourth-order valence-corrected chi connectivity index (χ4v) is 2.10. The van der Waals surface area contributed by atoms with Gasteiger partial charge in [0, 0.05) is 31.7 Å². The average molecular weight is 314 g/mol. The van der Waals surface area contributed by atoms with Crippen LogP contribution in [0.5, 0.6) is 0 Å². The fourth-order valence-electron chi connectivity index (χ4n) is 2.10. The summed E-state index contributed by atoms with van der Waals surface area (Å²) in [7, 11) is 1.79. The maximum atomic E-state index is 11.8. The Bertz CT molecular complexity index is 803. The number of carbonyl (C=O) groups is 1. The predicted octanol–water partition coefficient (Wildman–Crippen LogP) is 1.43. The van der Waals surface area contributed by atoms with Gasteiger partial charge in [-0.15, -0.1) is 5.10 Å². The van der Waals surface area contributed by atoms with Gasteiger partial charge in [0.05, 0.1) is 6.61 Å². The maximum Gasteiger partial charge on any atom is 0.358 e. The van der Waals surface area contributed by atoms with E-state index in [4.69, 9.17) is 4.74 Å². The van der Waals surface area contributed by atoms with E-state index in [0.717, 1.165) is 17.2 Å². The minimum absolute atomic E-state index is 0.328. The van der Waals surface area contributed by atoms with E-state index in [1.165, 1.54) is 0 Å². The van der Waals surface area contributed by atoms with Gasteiger partial charge in [-0.3, -0.25) is 4.68 Å². The molecule has 0 saturated heterocycles. The normalized spacial score (nSPS) is 10.9. The van der Waals surface area contributed by atoms with Crippen molar-refractivity contribution in [1.29, 1.82) is 0 Å². The summed E-state index contributed by atoms with van der Waals surface area (Å²) in [5.41, 5.74) is 2.06. The lowest BCUT2D eigenvalue weighted by Crippen LogP contribution is -2.12. The highest BCUT2D eigenvalue weighted by Crippen LogP contribution is 2.06. The summed E-state index contributed by atoms with van der Waals surface area (Å²) in [4.78, 5) is 16.0. The van der Waals surface area contributed by atoms with E-state index < -0.39 is 5.97 Å². The number of ether oxygens (including phenoxy) is 1. The lowest BCUT2D eigenvalue weighted by Gasteiger charge is -2.06. The summed E-state index contributed by atoms with van der Waals surface area (Å²) < 4.78 is 8.55. The van der Waals surface area contributed by atoms with Crippen LogP contribution in [0.4, 0.5) is 5.82 Å². The van der Waals surface area contributed by atoms with E-state index in [2.05, 4.69) is 20.5 Å². The van der Waals surface area contributed by atoms with Gasteiger partial charge in [-0.2, -0.15) is 5.10 Å². The van der Waals surface area contributed by atoms with Crippen LogP contribution in [0.3, 0.4) is 0 Å². The van der Waals surface area contributed by atoms with Gasteiger partial charge in [0.1, 0.15) is 5.82 Å². The molecule has 0 atom stereocenters.